The molecule has 1 saturated carbocycles. The van der Waals surface area contributed by atoms with Crippen LogP contribution < -0.4 is 10.2 Å². The molecular formula is C16H26N4. The highest BCUT2D eigenvalue weighted by atomic mass is 15.2. The third-order valence-corrected chi connectivity index (χ3v) is 4.85. The zero-order chi connectivity index (χ0) is 14.1. The molecule has 0 aromatic carbocycles. The van der Waals surface area contributed by atoms with E-state index in [1.165, 1.54) is 43.7 Å². The van der Waals surface area contributed by atoms with Gasteiger partial charge in [-0.2, -0.15) is 0 Å². The number of fused-ring (bicyclic) bond motifs is 1. The van der Waals surface area contributed by atoms with E-state index in [2.05, 4.69) is 36.0 Å². The lowest BCUT2D eigenvalue weighted by Gasteiger charge is -2.22. The summed E-state index contributed by atoms with van der Waals surface area (Å²) in [5.41, 5.74) is 1.21. The number of anilines is 2. The van der Waals surface area contributed by atoms with Gasteiger partial charge in [-0.05, 0) is 38.5 Å². The van der Waals surface area contributed by atoms with Crippen LogP contribution >= 0.6 is 0 Å². The second-order valence-corrected chi connectivity index (χ2v) is 6.18. The van der Waals surface area contributed by atoms with Crippen molar-refractivity contribution in [1.29, 1.82) is 0 Å². The maximum atomic E-state index is 4.82. The number of rotatable bonds is 4. The highest BCUT2D eigenvalue weighted by Crippen LogP contribution is 2.40. The Morgan fingerprint density at radius 1 is 1.15 bits per heavy atom. The minimum Gasteiger partial charge on any atom is -0.370 e. The molecule has 0 bridgehead atoms. The van der Waals surface area contributed by atoms with Gasteiger partial charge >= 0.3 is 0 Å². The quantitative estimate of drug-likeness (QED) is 0.916. The Labute approximate surface area is 122 Å². The first-order chi connectivity index (χ1) is 9.72. The summed E-state index contributed by atoms with van der Waals surface area (Å²) in [5.74, 6) is 4.95. The van der Waals surface area contributed by atoms with E-state index in [9.17, 15) is 0 Å². The number of hydrogen-bond donors (Lipinski definition) is 1. The third-order valence-electron chi connectivity index (χ3n) is 4.85. The van der Waals surface area contributed by atoms with Crippen LogP contribution in [0.5, 0.6) is 0 Å². The van der Waals surface area contributed by atoms with Crippen LogP contribution in [-0.4, -0.2) is 29.6 Å². The van der Waals surface area contributed by atoms with Crippen molar-refractivity contribution in [3.8, 4) is 0 Å². The molecule has 1 aliphatic carbocycles. The van der Waals surface area contributed by atoms with Gasteiger partial charge in [0.1, 0.15) is 17.5 Å². The molecule has 1 aromatic rings. The Balaban J connectivity index is 1.90. The molecule has 0 amide bonds. The fourth-order valence-electron chi connectivity index (χ4n) is 3.76. The summed E-state index contributed by atoms with van der Waals surface area (Å²) < 4.78 is 0. The third kappa shape index (κ3) is 2.36. The number of nitrogens with one attached hydrogen (secondary N) is 1. The smallest absolute Gasteiger partial charge is 0.137 e. The number of aryl methyl sites for hydroxylation is 1. The van der Waals surface area contributed by atoms with Gasteiger partial charge in [0.25, 0.3) is 0 Å². The molecule has 1 saturated heterocycles. The van der Waals surface area contributed by atoms with E-state index in [1.807, 2.05) is 0 Å². The Bertz CT molecular complexity index is 474. The Morgan fingerprint density at radius 2 is 1.85 bits per heavy atom. The van der Waals surface area contributed by atoms with Crippen molar-refractivity contribution < 1.29 is 0 Å². The first-order valence-electron chi connectivity index (χ1n) is 8.09. The average Bonchev–Trinajstić information content (AvgIpc) is 3.02. The molecule has 0 radical (unpaired) electrons. The van der Waals surface area contributed by atoms with Crippen LogP contribution in [0.1, 0.15) is 44.5 Å². The van der Waals surface area contributed by atoms with E-state index in [1.54, 1.807) is 0 Å². The first kappa shape index (κ1) is 13.7. The Kier molecular flexibility index (Phi) is 3.81. The summed E-state index contributed by atoms with van der Waals surface area (Å²) in [4.78, 5) is 12.0. The molecule has 20 heavy (non-hydrogen) atoms. The van der Waals surface area contributed by atoms with Crippen molar-refractivity contribution in [2.75, 3.05) is 29.9 Å². The predicted molar refractivity (Wildman–Crippen MR) is 83.4 cm³/mol. The van der Waals surface area contributed by atoms with Crippen LogP contribution in [0.3, 0.4) is 0 Å². The summed E-state index contributed by atoms with van der Waals surface area (Å²) in [6, 6.07) is 0. The zero-order valence-electron chi connectivity index (χ0n) is 12.9. The molecule has 3 rings (SSSR count). The van der Waals surface area contributed by atoms with E-state index < -0.39 is 0 Å². The molecule has 2 aliphatic rings. The van der Waals surface area contributed by atoms with Crippen molar-refractivity contribution in [3.63, 3.8) is 0 Å². The van der Waals surface area contributed by atoms with Gasteiger partial charge in [0, 0.05) is 31.6 Å². The molecule has 0 spiro atoms. The molecule has 2 heterocycles. The van der Waals surface area contributed by atoms with Gasteiger partial charge in [0.05, 0.1) is 0 Å². The molecule has 2 atom stereocenters. The molecule has 110 valence electrons. The summed E-state index contributed by atoms with van der Waals surface area (Å²) in [6.45, 7) is 9.69. The maximum absolute atomic E-state index is 4.82. The van der Waals surface area contributed by atoms with E-state index in [-0.39, 0.29) is 0 Å². The number of aromatic nitrogens is 2. The van der Waals surface area contributed by atoms with Crippen LogP contribution in [0.15, 0.2) is 0 Å². The second kappa shape index (κ2) is 5.58. The highest BCUT2D eigenvalue weighted by Gasteiger charge is 2.37. The SMILES string of the molecule is CCNc1nc(CC)nc(N2CC3CCCC3C2)c1C. The topological polar surface area (TPSA) is 41.1 Å². The Hall–Kier alpha value is -1.32. The highest BCUT2D eigenvalue weighted by molar-refractivity contribution is 5.59. The number of hydrogen-bond acceptors (Lipinski definition) is 4. The lowest BCUT2D eigenvalue weighted by molar-refractivity contribution is 0.494. The minimum absolute atomic E-state index is 0.895. The van der Waals surface area contributed by atoms with Crippen molar-refractivity contribution >= 4 is 11.6 Å². The average molecular weight is 274 g/mol. The lowest BCUT2D eigenvalue weighted by Crippen LogP contribution is -2.24. The van der Waals surface area contributed by atoms with Crippen LogP contribution in [0.25, 0.3) is 0 Å². The molecule has 1 N–H and O–H groups in total. The zero-order valence-corrected chi connectivity index (χ0v) is 12.9. The van der Waals surface area contributed by atoms with Gasteiger partial charge < -0.3 is 10.2 Å². The monoisotopic (exact) mass is 274 g/mol. The van der Waals surface area contributed by atoms with Crippen molar-refractivity contribution in [2.24, 2.45) is 11.8 Å². The van der Waals surface area contributed by atoms with E-state index in [0.29, 0.717) is 0 Å². The normalized spacial score (nSPS) is 25.1. The molecule has 1 aliphatic heterocycles. The molecule has 1 aromatic heterocycles. The second-order valence-electron chi connectivity index (χ2n) is 6.18. The van der Waals surface area contributed by atoms with Crippen molar-refractivity contribution in [2.45, 2.75) is 46.5 Å². The summed E-state index contributed by atoms with van der Waals surface area (Å²) in [6.07, 6.45) is 5.14. The molecule has 2 fully saturated rings. The van der Waals surface area contributed by atoms with E-state index in [0.717, 1.165) is 36.4 Å². The van der Waals surface area contributed by atoms with Gasteiger partial charge in [-0.25, -0.2) is 9.97 Å². The molecule has 4 nitrogen and oxygen atoms in total. The van der Waals surface area contributed by atoms with Crippen molar-refractivity contribution in [3.05, 3.63) is 11.4 Å². The lowest BCUT2D eigenvalue weighted by atomic mass is 10.0. The van der Waals surface area contributed by atoms with Gasteiger partial charge in [-0.3, -0.25) is 0 Å². The van der Waals surface area contributed by atoms with Gasteiger partial charge in [0.15, 0.2) is 0 Å². The van der Waals surface area contributed by atoms with E-state index >= 15 is 0 Å². The summed E-state index contributed by atoms with van der Waals surface area (Å²) in [5, 5.41) is 3.39. The predicted octanol–water partition coefficient (Wildman–Crippen LogP) is 3.02. The fraction of sp³-hybridized carbons (Fsp3) is 0.750. The number of nitrogens with zero attached hydrogens (tertiary/aromatic N) is 3. The summed E-state index contributed by atoms with van der Waals surface area (Å²) >= 11 is 0. The van der Waals surface area contributed by atoms with Crippen LogP contribution in [0.2, 0.25) is 0 Å². The van der Waals surface area contributed by atoms with Gasteiger partial charge in [-0.1, -0.05) is 13.3 Å². The van der Waals surface area contributed by atoms with Crippen LogP contribution in [0.4, 0.5) is 11.6 Å². The van der Waals surface area contributed by atoms with Gasteiger partial charge in [0.2, 0.25) is 0 Å². The largest absolute Gasteiger partial charge is 0.370 e. The standard InChI is InChI=1S/C16H26N4/c1-4-14-18-15(17-5-2)11(3)16(19-14)20-9-12-7-6-8-13(12)10-20/h12-13H,4-10H2,1-3H3,(H,17,18,19). The Morgan fingerprint density at radius 3 is 2.45 bits per heavy atom. The molecule has 4 heteroatoms. The first-order valence-corrected chi connectivity index (χ1v) is 8.09. The summed E-state index contributed by atoms with van der Waals surface area (Å²) in [7, 11) is 0. The molecule has 2 unspecified atom stereocenters. The van der Waals surface area contributed by atoms with Crippen molar-refractivity contribution in [1.82, 2.24) is 9.97 Å². The van der Waals surface area contributed by atoms with Crippen LogP contribution in [-0.2, 0) is 6.42 Å². The van der Waals surface area contributed by atoms with E-state index in [4.69, 9.17) is 4.98 Å². The maximum Gasteiger partial charge on any atom is 0.137 e. The fourth-order valence-corrected chi connectivity index (χ4v) is 3.76. The van der Waals surface area contributed by atoms with Crippen LogP contribution in [0, 0.1) is 18.8 Å². The molecular weight excluding hydrogens is 248 g/mol. The van der Waals surface area contributed by atoms with Gasteiger partial charge in [-0.15, -0.1) is 0 Å². The minimum atomic E-state index is 0.895.